The standard InChI is InChI=1S/C10H20N2O2.ClH/c11-8(9(13)10(12)14)6-7-4-2-1-3-5-7;/h7-9,13H,1-6,11H2,(H2,12,14);1H. The summed E-state index contributed by atoms with van der Waals surface area (Å²) in [6, 6.07) is -0.490. The Morgan fingerprint density at radius 3 is 2.33 bits per heavy atom. The van der Waals surface area contributed by atoms with E-state index < -0.39 is 18.1 Å². The molecule has 2 atom stereocenters. The first kappa shape index (κ1) is 14.7. The van der Waals surface area contributed by atoms with Crippen LogP contribution < -0.4 is 11.5 Å². The minimum absolute atomic E-state index is 0. The van der Waals surface area contributed by atoms with Crippen molar-refractivity contribution in [1.82, 2.24) is 0 Å². The fraction of sp³-hybridized carbons (Fsp3) is 0.900. The van der Waals surface area contributed by atoms with Crippen LogP contribution in [0.3, 0.4) is 0 Å². The zero-order chi connectivity index (χ0) is 10.6. The quantitative estimate of drug-likeness (QED) is 0.666. The number of aliphatic hydroxyl groups is 1. The van der Waals surface area contributed by atoms with Crippen LogP contribution in [0, 0.1) is 5.92 Å². The third-order valence-corrected chi connectivity index (χ3v) is 3.03. The first-order valence-electron chi connectivity index (χ1n) is 5.34. The van der Waals surface area contributed by atoms with Crippen molar-refractivity contribution in [2.45, 2.75) is 50.7 Å². The molecule has 1 rings (SSSR count). The number of rotatable bonds is 4. The molecule has 0 bridgehead atoms. The van der Waals surface area contributed by atoms with Crippen LogP contribution >= 0.6 is 12.4 Å². The highest BCUT2D eigenvalue weighted by Gasteiger charge is 2.24. The van der Waals surface area contributed by atoms with E-state index in [1.54, 1.807) is 0 Å². The van der Waals surface area contributed by atoms with Crippen LogP contribution in [0.2, 0.25) is 0 Å². The van der Waals surface area contributed by atoms with Gasteiger partial charge in [0, 0.05) is 6.04 Å². The topological polar surface area (TPSA) is 89.3 Å². The Hall–Kier alpha value is -0.320. The van der Waals surface area contributed by atoms with Gasteiger partial charge in [-0.3, -0.25) is 4.79 Å². The van der Waals surface area contributed by atoms with E-state index in [0.29, 0.717) is 12.3 Å². The van der Waals surface area contributed by atoms with Gasteiger partial charge in [-0.15, -0.1) is 12.4 Å². The summed E-state index contributed by atoms with van der Waals surface area (Å²) in [5, 5.41) is 9.33. The summed E-state index contributed by atoms with van der Waals surface area (Å²) in [6.07, 6.45) is 5.64. The summed E-state index contributed by atoms with van der Waals surface area (Å²) in [5.74, 6) is -0.152. The minimum Gasteiger partial charge on any atom is -0.382 e. The lowest BCUT2D eigenvalue weighted by Crippen LogP contribution is -2.45. The van der Waals surface area contributed by atoms with Crippen LogP contribution in [-0.2, 0) is 4.79 Å². The fourth-order valence-electron chi connectivity index (χ4n) is 2.15. The Balaban J connectivity index is 0.00000196. The maximum absolute atomic E-state index is 10.7. The number of carbonyl (C=O) groups excluding carboxylic acids is 1. The molecule has 5 heteroatoms. The second-order valence-electron chi connectivity index (χ2n) is 4.25. The summed E-state index contributed by atoms with van der Waals surface area (Å²) in [7, 11) is 0. The van der Waals surface area contributed by atoms with Gasteiger partial charge in [-0.05, 0) is 12.3 Å². The molecule has 2 unspecified atom stereocenters. The lowest BCUT2D eigenvalue weighted by atomic mass is 9.84. The number of primary amides is 1. The number of amides is 1. The van der Waals surface area contributed by atoms with E-state index in [-0.39, 0.29) is 12.4 Å². The second-order valence-corrected chi connectivity index (χ2v) is 4.25. The highest BCUT2D eigenvalue weighted by Crippen LogP contribution is 2.27. The Kier molecular flexibility index (Phi) is 6.89. The van der Waals surface area contributed by atoms with Gasteiger partial charge in [-0.25, -0.2) is 0 Å². The highest BCUT2D eigenvalue weighted by atomic mass is 35.5. The summed E-state index contributed by atoms with van der Waals surface area (Å²) < 4.78 is 0. The van der Waals surface area contributed by atoms with Crippen LogP contribution in [0.5, 0.6) is 0 Å². The summed E-state index contributed by atoms with van der Waals surface area (Å²) >= 11 is 0. The van der Waals surface area contributed by atoms with Gasteiger partial charge >= 0.3 is 0 Å². The molecule has 0 saturated heterocycles. The zero-order valence-corrected chi connectivity index (χ0v) is 9.71. The molecule has 1 fully saturated rings. The van der Waals surface area contributed by atoms with Crippen molar-refractivity contribution in [3.8, 4) is 0 Å². The van der Waals surface area contributed by atoms with Crippen LogP contribution in [0.1, 0.15) is 38.5 Å². The largest absolute Gasteiger partial charge is 0.382 e. The number of aliphatic hydroxyl groups excluding tert-OH is 1. The van der Waals surface area contributed by atoms with Crippen molar-refractivity contribution in [2.75, 3.05) is 0 Å². The minimum atomic E-state index is -1.18. The van der Waals surface area contributed by atoms with Gasteiger partial charge in [-0.1, -0.05) is 32.1 Å². The number of nitrogens with two attached hydrogens (primary N) is 2. The molecule has 1 saturated carbocycles. The van der Waals surface area contributed by atoms with E-state index >= 15 is 0 Å². The van der Waals surface area contributed by atoms with Crippen LogP contribution in [0.25, 0.3) is 0 Å². The lowest BCUT2D eigenvalue weighted by Gasteiger charge is -2.25. The molecule has 0 aromatic heterocycles. The molecule has 4 nitrogen and oxygen atoms in total. The number of hydrogen-bond donors (Lipinski definition) is 3. The van der Waals surface area contributed by atoms with Crippen LogP contribution in [0.15, 0.2) is 0 Å². The van der Waals surface area contributed by atoms with Crippen molar-refractivity contribution >= 4 is 18.3 Å². The number of carbonyl (C=O) groups is 1. The summed E-state index contributed by atoms with van der Waals surface area (Å²) in [5.41, 5.74) is 10.7. The maximum Gasteiger partial charge on any atom is 0.247 e. The SMILES string of the molecule is Cl.NC(=O)C(O)C(N)CC1CCCCC1. The van der Waals surface area contributed by atoms with Gasteiger partial charge in [0.05, 0.1) is 0 Å². The first-order valence-corrected chi connectivity index (χ1v) is 5.34. The van der Waals surface area contributed by atoms with Gasteiger partial charge in [0.25, 0.3) is 0 Å². The van der Waals surface area contributed by atoms with Crippen molar-refractivity contribution in [2.24, 2.45) is 17.4 Å². The van der Waals surface area contributed by atoms with Crippen LogP contribution in [-0.4, -0.2) is 23.2 Å². The molecule has 5 N–H and O–H groups in total. The average molecular weight is 237 g/mol. The van der Waals surface area contributed by atoms with Gasteiger partial charge in [0.1, 0.15) is 6.10 Å². The van der Waals surface area contributed by atoms with E-state index in [2.05, 4.69) is 0 Å². The molecule has 0 aromatic rings. The second kappa shape index (κ2) is 7.04. The fourth-order valence-corrected chi connectivity index (χ4v) is 2.15. The predicted molar refractivity (Wildman–Crippen MR) is 61.6 cm³/mol. The Bertz CT molecular complexity index is 196. The molecular weight excluding hydrogens is 216 g/mol. The van der Waals surface area contributed by atoms with Crippen molar-refractivity contribution in [1.29, 1.82) is 0 Å². The van der Waals surface area contributed by atoms with E-state index in [0.717, 1.165) is 0 Å². The van der Waals surface area contributed by atoms with Gasteiger partial charge in [0.2, 0.25) is 5.91 Å². The molecule has 15 heavy (non-hydrogen) atoms. The number of hydrogen-bond acceptors (Lipinski definition) is 3. The maximum atomic E-state index is 10.7. The first-order chi connectivity index (χ1) is 6.61. The highest BCUT2D eigenvalue weighted by molar-refractivity contribution is 5.85. The molecular formula is C10H21ClN2O2. The molecule has 90 valence electrons. The Morgan fingerprint density at radius 2 is 1.87 bits per heavy atom. The van der Waals surface area contributed by atoms with Crippen molar-refractivity contribution in [3.05, 3.63) is 0 Å². The third-order valence-electron chi connectivity index (χ3n) is 3.03. The molecule has 0 aliphatic heterocycles. The monoisotopic (exact) mass is 236 g/mol. The van der Waals surface area contributed by atoms with E-state index in [1.807, 2.05) is 0 Å². The summed E-state index contributed by atoms with van der Waals surface area (Å²) in [4.78, 5) is 10.7. The van der Waals surface area contributed by atoms with Crippen molar-refractivity contribution in [3.63, 3.8) is 0 Å². The van der Waals surface area contributed by atoms with E-state index in [4.69, 9.17) is 11.5 Å². The third kappa shape index (κ3) is 4.82. The van der Waals surface area contributed by atoms with Gasteiger partial charge < -0.3 is 16.6 Å². The molecule has 1 aliphatic rings. The molecule has 0 aromatic carbocycles. The molecule has 0 spiro atoms. The Morgan fingerprint density at radius 1 is 1.33 bits per heavy atom. The Labute approximate surface area is 96.8 Å². The predicted octanol–water partition coefficient (Wildman–Crippen LogP) is 0.552. The average Bonchev–Trinajstić information content (AvgIpc) is 2.18. The summed E-state index contributed by atoms with van der Waals surface area (Å²) in [6.45, 7) is 0. The smallest absolute Gasteiger partial charge is 0.247 e. The van der Waals surface area contributed by atoms with Gasteiger partial charge in [0.15, 0.2) is 0 Å². The van der Waals surface area contributed by atoms with Crippen LogP contribution in [0.4, 0.5) is 0 Å². The van der Waals surface area contributed by atoms with Gasteiger partial charge in [-0.2, -0.15) is 0 Å². The molecule has 0 radical (unpaired) electrons. The van der Waals surface area contributed by atoms with E-state index in [9.17, 15) is 9.90 Å². The molecule has 1 aliphatic carbocycles. The number of halogens is 1. The molecule has 1 amide bonds. The lowest BCUT2D eigenvalue weighted by molar-refractivity contribution is -0.127. The molecule has 0 heterocycles. The zero-order valence-electron chi connectivity index (χ0n) is 8.89. The van der Waals surface area contributed by atoms with Crippen molar-refractivity contribution < 1.29 is 9.90 Å². The van der Waals surface area contributed by atoms with E-state index in [1.165, 1.54) is 32.1 Å². The normalized spacial score (nSPS) is 21.5.